The van der Waals surface area contributed by atoms with E-state index in [2.05, 4.69) is 0 Å². The summed E-state index contributed by atoms with van der Waals surface area (Å²) in [5.74, 6) is 0.474. The Labute approximate surface area is 104 Å². The SMILES string of the molecule is CCC(=O)N1CCC(N(C)C(=O)C(C)C)CC1. The van der Waals surface area contributed by atoms with Crippen molar-refractivity contribution in [2.45, 2.75) is 46.1 Å². The summed E-state index contributed by atoms with van der Waals surface area (Å²) < 4.78 is 0. The maximum absolute atomic E-state index is 11.9. The Bertz CT molecular complexity index is 281. The Morgan fingerprint density at radius 1 is 1.29 bits per heavy atom. The van der Waals surface area contributed by atoms with Crippen molar-refractivity contribution < 1.29 is 9.59 Å². The lowest BCUT2D eigenvalue weighted by Gasteiger charge is -2.37. The number of amides is 2. The second-order valence-electron chi connectivity index (χ2n) is 5.07. The van der Waals surface area contributed by atoms with E-state index in [-0.39, 0.29) is 17.7 Å². The summed E-state index contributed by atoms with van der Waals surface area (Å²) in [6.45, 7) is 7.31. The van der Waals surface area contributed by atoms with E-state index in [0.29, 0.717) is 12.5 Å². The summed E-state index contributed by atoms with van der Waals surface area (Å²) in [5, 5.41) is 0. The Morgan fingerprint density at radius 3 is 2.24 bits per heavy atom. The summed E-state index contributed by atoms with van der Waals surface area (Å²) in [4.78, 5) is 27.2. The smallest absolute Gasteiger partial charge is 0.225 e. The van der Waals surface area contributed by atoms with E-state index in [4.69, 9.17) is 0 Å². The van der Waals surface area contributed by atoms with Crippen molar-refractivity contribution in [1.82, 2.24) is 9.80 Å². The highest BCUT2D eigenvalue weighted by molar-refractivity contribution is 5.78. The fraction of sp³-hybridized carbons (Fsp3) is 0.846. The molecule has 0 atom stereocenters. The second kappa shape index (κ2) is 6.03. The molecule has 4 heteroatoms. The molecule has 0 saturated carbocycles. The van der Waals surface area contributed by atoms with Crippen LogP contribution in [0, 0.1) is 5.92 Å². The molecular weight excluding hydrogens is 216 g/mol. The molecule has 2 amide bonds. The minimum atomic E-state index is 0.0512. The van der Waals surface area contributed by atoms with Gasteiger partial charge in [-0.05, 0) is 12.8 Å². The van der Waals surface area contributed by atoms with Crippen molar-refractivity contribution in [2.75, 3.05) is 20.1 Å². The Kier molecular flexibility index (Phi) is 4.97. The first kappa shape index (κ1) is 14.0. The number of nitrogens with zero attached hydrogens (tertiary/aromatic N) is 2. The molecule has 1 aliphatic rings. The molecule has 17 heavy (non-hydrogen) atoms. The van der Waals surface area contributed by atoms with Gasteiger partial charge in [0, 0.05) is 38.5 Å². The predicted octanol–water partition coefficient (Wildman–Crippen LogP) is 1.50. The van der Waals surface area contributed by atoms with E-state index in [1.807, 2.05) is 37.6 Å². The van der Waals surface area contributed by atoms with Gasteiger partial charge in [0.2, 0.25) is 11.8 Å². The van der Waals surface area contributed by atoms with Gasteiger partial charge in [-0.3, -0.25) is 9.59 Å². The quantitative estimate of drug-likeness (QED) is 0.750. The number of carbonyl (C=O) groups is 2. The van der Waals surface area contributed by atoms with Gasteiger partial charge < -0.3 is 9.80 Å². The maximum Gasteiger partial charge on any atom is 0.225 e. The number of hydrogen-bond donors (Lipinski definition) is 0. The summed E-state index contributed by atoms with van der Waals surface area (Å²) in [5.41, 5.74) is 0. The van der Waals surface area contributed by atoms with Gasteiger partial charge in [0.25, 0.3) is 0 Å². The third kappa shape index (κ3) is 3.45. The van der Waals surface area contributed by atoms with E-state index in [9.17, 15) is 9.59 Å². The van der Waals surface area contributed by atoms with E-state index < -0.39 is 0 Å². The number of rotatable bonds is 3. The van der Waals surface area contributed by atoms with Gasteiger partial charge >= 0.3 is 0 Å². The van der Waals surface area contributed by atoms with Crippen LogP contribution in [-0.2, 0) is 9.59 Å². The largest absolute Gasteiger partial charge is 0.343 e. The molecule has 1 saturated heterocycles. The van der Waals surface area contributed by atoms with Gasteiger partial charge in [-0.15, -0.1) is 0 Å². The van der Waals surface area contributed by atoms with Gasteiger partial charge in [-0.25, -0.2) is 0 Å². The second-order valence-corrected chi connectivity index (χ2v) is 5.07. The molecule has 1 fully saturated rings. The maximum atomic E-state index is 11.9. The van der Waals surface area contributed by atoms with Gasteiger partial charge in [-0.2, -0.15) is 0 Å². The molecule has 0 aromatic rings. The van der Waals surface area contributed by atoms with Crippen LogP contribution >= 0.6 is 0 Å². The molecule has 0 unspecified atom stereocenters. The van der Waals surface area contributed by atoms with Crippen LogP contribution in [0.3, 0.4) is 0 Å². The summed E-state index contributed by atoms with van der Waals surface area (Å²) in [6, 6.07) is 0.297. The fourth-order valence-electron chi connectivity index (χ4n) is 2.31. The van der Waals surface area contributed by atoms with Crippen molar-refractivity contribution in [2.24, 2.45) is 5.92 Å². The molecule has 98 valence electrons. The van der Waals surface area contributed by atoms with Gasteiger partial charge in [0.05, 0.1) is 0 Å². The normalized spacial score (nSPS) is 17.4. The van der Waals surface area contributed by atoms with Gasteiger partial charge in [-0.1, -0.05) is 20.8 Å². The molecule has 0 radical (unpaired) electrons. The van der Waals surface area contributed by atoms with Crippen LogP contribution in [-0.4, -0.2) is 47.8 Å². The van der Waals surface area contributed by atoms with Gasteiger partial charge in [0.15, 0.2) is 0 Å². The molecule has 0 aromatic heterocycles. The number of likely N-dealkylation sites (tertiary alicyclic amines) is 1. The summed E-state index contributed by atoms with van der Waals surface area (Å²) in [7, 11) is 1.88. The lowest BCUT2D eigenvalue weighted by atomic mass is 10.0. The number of carbonyl (C=O) groups excluding carboxylic acids is 2. The minimum Gasteiger partial charge on any atom is -0.343 e. The highest BCUT2D eigenvalue weighted by atomic mass is 16.2. The van der Waals surface area contributed by atoms with Gasteiger partial charge in [0.1, 0.15) is 0 Å². The van der Waals surface area contributed by atoms with Crippen LogP contribution in [0.15, 0.2) is 0 Å². The highest BCUT2D eigenvalue weighted by Gasteiger charge is 2.27. The van der Waals surface area contributed by atoms with Crippen LogP contribution in [0.1, 0.15) is 40.0 Å². The van der Waals surface area contributed by atoms with Crippen LogP contribution in [0.2, 0.25) is 0 Å². The van der Waals surface area contributed by atoms with Crippen molar-refractivity contribution in [3.8, 4) is 0 Å². The summed E-state index contributed by atoms with van der Waals surface area (Å²) in [6.07, 6.45) is 2.38. The first-order valence-electron chi connectivity index (χ1n) is 6.51. The lowest BCUT2D eigenvalue weighted by molar-refractivity contribution is -0.137. The standard InChI is InChI=1S/C13H24N2O2/c1-5-12(16)15-8-6-11(7-9-15)14(4)13(17)10(2)3/h10-11H,5-9H2,1-4H3. The third-order valence-electron chi connectivity index (χ3n) is 3.51. The van der Waals surface area contributed by atoms with Crippen LogP contribution in [0.4, 0.5) is 0 Å². The van der Waals surface area contributed by atoms with Crippen molar-refractivity contribution in [1.29, 1.82) is 0 Å². The molecule has 4 nitrogen and oxygen atoms in total. The monoisotopic (exact) mass is 240 g/mol. The molecule has 0 bridgehead atoms. The van der Waals surface area contributed by atoms with Crippen LogP contribution in [0.25, 0.3) is 0 Å². The zero-order chi connectivity index (χ0) is 13.0. The first-order chi connectivity index (χ1) is 7.97. The van der Waals surface area contributed by atoms with Crippen LogP contribution in [0.5, 0.6) is 0 Å². The fourth-order valence-corrected chi connectivity index (χ4v) is 2.31. The van der Waals surface area contributed by atoms with Crippen molar-refractivity contribution in [3.05, 3.63) is 0 Å². The average molecular weight is 240 g/mol. The van der Waals surface area contributed by atoms with E-state index in [0.717, 1.165) is 25.9 Å². The zero-order valence-corrected chi connectivity index (χ0v) is 11.4. The molecule has 1 aliphatic heterocycles. The molecule has 0 N–H and O–H groups in total. The molecule has 0 aromatic carbocycles. The predicted molar refractivity (Wildman–Crippen MR) is 67.5 cm³/mol. The van der Waals surface area contributed by atoms with E-state index in [1.54, 1.807) is 0 Å². The Morgan fingerprint density at radius 2 is 1.82 bits per heavy atom. The molecule has 1 rings (SSSR count). The van der Waals surface area contributed by atoms with E-state index >= 15 is 0 Å². The van der Waals surface area contributed by atoms with Crippen molar-refractivity contribution >= 4 is 11.8 Å². The lowest BCUT2D eigenvalue weighted by Crippen LogP contribution is -2.48. The zero-order valence-electron chi connectivity index (χ0n) is 11.4. The molecular formula is C13H24N2O2. The first-order valence-corrected chi connectivity index (χ1v) is 6.51. The molecule has 0 spiro atoms. The Balaban J connectivity index is 2.46. The average Bonchev–Trinajstić information content (AvgIpc) is 2.36. The topological polar surface area (TPSA) is 40.6 Å². The number of hydrogen-bond acceptors (Lipinski definition) is 2. The number of piperidine rings is 1. The Hall–Kier alpha value is -1.06. The molecule has 1 heterocycles. The summed E-state index contributed by atoms with van der Waals surface area (Å²) >= 11 is 0. The third-order valence-corrected chi connectivity index (χ3v) is 3.51. The molecule has 0 aliphatic carbocycles. The van der Waals surface area contributed by atoms with Crippen molar-refractivity contribution in [3.63, 3.8) is 0 Å². The minimum absolute atomic E-state index is 0.0512. The van der Waals surface area contributed by atoms with E-state index in [1.165, 1.54) is 0 Å². The highest BCUT2D eigenvalue weighted by Crippen LogP contribution is 2.17. The van der Waals surface area contributed by atoms with Crippen LogP contribution < -0.4 is 0 Å².